The number of phenols is 1. The van der Waals surface area contributed by atoms with Crippen LogP contribution in [0.3, 0.4) is 0 Å². The van der Waals surface area contributed by atoms with E-state index in [0.29, 0.717) is 24.0 Å². The third kappa shape index (κ3) is 4.51. The first-order valence-electron chi connectivity index (χ1n) is 16.5. The molecule has 0 spiro atoms. The van der Waals surface area contributed by atoms with Crippen LogP contribution in [0.4, 0.5) is 0 Å². The first-order chi connectivity index (χ1) is 22.1. The highest BCUT2D eigenvalue weighted by atomic mass is 16.5. The molecule has 0 unspecified atom stereocenters. The van der Waals surface area contributed by atoms with Gasteiger partial charge < -0.3 is 9.84 Å². The minimum atomic E-state index is -1.07. The number of hydrogen-bond acceptors (Lipinski definition) is 7. The van der Waals surface area contributed by atoms with E-state index in [0.717, 1.165) is 43.6 Å². The number of fused-ring (bicyclic) bond motifs is 4. The molecule has 2 heterocycles. The zero-order chi connectivity index (χ0) is 32.5. The maximum atomic E-state index is 14.4. The number of nitrogens with zero attached hydrogens (tertiary/aromatic N) is 2. The largest absolute Gasteiger partial charge is 0.504 e. The van der Waals surface area contributed by atoms with Crippen LogP contribution in [0.5, 0.6) is 11.5 Å². The molecule has 1 N–H and O–H groups in total. The molecule has 240 valence electrons. The second-order valence-corrected chi connectivity index (χ2v) is 14.1. The number of carbonyl (C=O) groups excluding carboxylic acids is 4. The summed E-state index contributed by atoms with van der Waals surface area (Å²) < 4.78 is 5.45. The van der Waals surface area contributed by atoms with E-state index in [-0.39, 0.29) is 46.8 Å². The molecule has 7 rings (SSSR count). The summed E-state index contributed by atoms with van der Waals surface area (Å²) in [6.45, 7) is 7.80. The molecule has 6 atom stereocenters. The van der Waals surface area contributed by atoms with Gasteiger partial charge in [0.25, 0.3) is 0 Å². The zero-order valence-electron chi connectivity index (χ0n) is 27.0. The van der Waals surface area contributed by atoms with E-state index in [9.17, 15) is 24.3 Å². The molecule has 3 fully saturated rings. The second kappa shape index (κ2) is 11.3. The van der Waals surface area contributed by atoms with Gasteiger partial charge in [0.1, 0.15) is 0 Å². The van der Waals surface area contributed by atoms with Gasteiger partial charge in [0.05, 0.1) is 24.4 Å². The van der Waals surface area contributed by atoms with E-state index >= 15 is 0 Å². The standard InChI is InChI=1S/C38H42N2O6/c1-21-22(2)35(43)38(3)29(34(21)42)19-28-26(33(38)24-10-13-30(41)31(18-24)46-4)11-12-27-32(28)37(45)40(36(27)44)25-14-16-39(17-15-25)20-23-8-6-5-7-9-23/h5-11,13,18,25,27-29,32-33,41H,12,14-17,19-20H2,1-4H3/t27-,28+,29-,32-,33-,38+/m0/s1. The average Bonchev–Trinajstić information content (AvgIpc) is 3.32. The molecule has 0 radical (unpaired) electrons. The van der Waals surface area contributed by atoms with Crippen LogP contribution in [-0.4, -0.2) is 64.5 Å². The van der Waals surface area contributed by atoms with Gasteiger partial charge in [0.2, 0.25) is 11.8 Å². The fourth-order valence-electron chi connectivity index (χ4n) is 9.39. The molecule has 2 aromatic carbocycles. The van der Waals surface area contributed by atoms with E-state index < -0.39 is 29.1 Å². The topological polar surface area (TPSA) is 104 Å². The Morgan fingerprint density at radius 2 is 1.65 bits per heavy atom. The number of benzene rings is 2. The number of ether oxygens (including phenoxy) is 1. The van der Waals surface area contributed by atoms with Crippen molar-refractivity contribution in [1.82, 2.24) is 9.80 Å². The molecule has 1 saturated carbocycles. The third-order valence-electron chi connectivity index (χ3n) is 11.9. The van der Waals surface area contributed by atoms with Gasteiger partial charge in [-0.1, -0.05) is 55.0 Å². The van der Waals surface area contributed by atoms with Crippen molar-refractivity contribution in [2.45, 2.75) is 65.0 Å². The Kier molecular flexibility index (Phi) is 7.54. The number of rotatable bonds is 5. The normalized spacial score (nSPS) is 31.9. The number of methoxy groups -OCH3 is 1. The molecule has 46 heavy (non-hydrogen) atoms. The highest BCUT2D eigenvalue weighted by Crippen LogP contribution is 2.63. The van der Waals surface area contributed by atoms with Crippen molar-refractivity contribution in [1.29, 1.82) is 0 Å². The van der Waals surface area contributed by atoms with Gasteiger partial charge in [-0.05, 0) is 79.9 Å². The zero-order valence-corrected chi connectivity index (χ0v) is 27.0. The van der Waals surface area contributed by atoms with Gasteiger partial charge >= 0.3 is 0 Å². The molecular formula is C38H42N2O6. The lowest BCUT2D eigenvalue weighted by molar-refractivity contribution is -0.145. The highest BCUT2D eigenvalue weighted by Gasteiger charge is 2.64. The summed E-state index contributed by atoms with van der Waals surface area (Å²) in [5, 5.41) is 10.4. The van der Waals surface area contributed by atoms with Crippen LogP contribution >= 0.6 is 0 Å². The summed E-state index contributed by atoms with van der Waals surface area (Å²) in [6, 6.07) is 15.3. The fourth-order valence-corrected chi connectivity index (χ4v) is 9.39. The van der Waals surface area contributed by atoms with E-state index in [1.165, 1.54) is 12.7 Å². The van der Waals surface area contributed by atoms with E-state index in [1.807, 2.05) is 25.1 Å². The molecule has 8 heteroatoms. The maximum Gasteiger partial charge on any atom is 0.233 e. The Morgan fingerprint density at radius 1 is 0.935 bits per heavy atom. The SMILES string of the molecule is COc1cc([C@H]2C3=CC[C@@H]4C(=O)N(C5CCN(Cc6ccccc6)CC5)C(=O)[C@@H]4[C@@H]3C[C@H]3C(=O)C(C)=C(C)C(=O)[C@@]23C)ccc1O. The third-order valence-corrected chi connectivity index (χ3v) is 11.9. The molecule has 2 aliphatic heterocycles. The quantitative estimate of drug-likeness (QED) is 0.361. The van der Waals surface area contributed by atoms with Crippen molar-refractivity contribution in [2.75, 3.05) is 20.2 Å². The van der Waals surface area contributed by atoms with Crippen LogP contribution in [0.1, 0.15) is 63.5 Å². The molecule has 0 aromatic heterocycles. The van der Waals surface area contributed by atoms with Crippen molar-refractivity contribution >= 4 is 23.4 Å². The molecule has 8 nitrogen and oxygen atoms in total. The molecular weight excluding hydrogens is 580 g/mol. The first kappa shape index (κ1) is 30.6. The highest BCUT2D eigenvalue weighted by molar-refractivity contribution is 6.16. The fraction of sp³-hybridized carbons (Fsp3) is 0.474. The number of hydrogen-bond donors (Lipinski definition) is 1. The lowest BCUT2D eigenvalue weighted by Gasteiger charge is -2.54. The monoisotopic (exact) mass is 622 g/mol. The predicted octanol–water partition coefficient (Wildman–Crippen LogP) is 5.21. The van der Waals surface area contributed by atoms with Crippen LogP contribution in [0.25, 0.3) is 0 Å². The summed E-state index contributed by atoms with van der Waals surface area (Å²) in [5.41, 5.74) is 2.83. The minimum absolute atomic E-state index is 0.0157. The lowest BCUT2D eigenvalue weighted by atomic mass is 9.46. The number of aromatic hydroxyl groups is 1. The summed E-state index contributed by atoms with van der Waals surface area (Å²) in [5.74, 6) is -2.59. The lowest BCUT2D eigenvalue weighted by Crippen LogP contribution is -2.55. The Balaban J connectivity index is 1.22. The smallest absolute Gasteiger partial charge is 0.233 e. The number of Topliss-reactive ketones (excluding diaryl/α,β-unsaturated/α-hetero) is 2. The van der Waals surface area contributed by atoms with Gasteiger partial charge in [-0.15, -0.1) is 0 Å². The second-order valence-electron chi connectivity index (χ2n) is 14.1. The van der Waals surface area contributed by atoms with Crippen molar-refractivity contribution in [3.63, 3.8) is 0 Å². The number of carbonyl (C=O) groups is 4. The Bertz CT molecular complexity index is 1690. The number of amides is 2. The van der Waals surface area contributed by atoms with Gasteiger partial charge in [0.15, 0.2) is 23.1 Å². The van der Waals surface area contributed by atoms with Crippen LogP contribution in [0.15, 0.2) is 71.3 Å². The summed E-state index contributed by atoms with van der Waals surface area (Å²) in [7, 11) is 1.48. The van der Waals surface area contributed by atoms with E-state index in [4.69, 9.17) is 4.74 Å². The number of ketones is 2. The molecule has 2 amide bonds. The Hall–Kier alpha value is -4.04. The number of allylic oxidation sites excluding steroid dienone is 4. The summed E-state index contributed by atoms with van der Waals surface area (Å²) in [6.07, 6.45) is 4.33. The summed E-state index contributed by atoms with van der Waals surface area (Å²) in [4.78, 5) is 60.6. The Morgan fingerprint density at radius 3 is 2.35 bits per heavy atom. The Labute approximate surface area is 270 Å². The van der Waals surface area contributed by atoms with Crippen molar-refractivity contribution < 1.29 is 29.0 Å². The van der Waals surface area contributed by atoms with Crippen LogP contribution < -0.4 is 4.74 Å². The molecule has 2 aromatic rings. The van der Waals surface area contributed by atoms with Crippen molar-refractivity contribution in [3.05, 3.63) is 82.5 Å². The van der Waals surface area contributed by atoms with Crippen LogP contribution in [0.2, 0.25) is 0 Å². The number of likely N-dealkylation sites (tertiary alicyclic amines) is 2. The maximum absolute atomic E-state index is 14.4. The van der Waals surface area contributed by atoms with Gasteiger partial charge in [-0.3, -0.25) is 29.0 Å². The molecule has 3 aliphatic carbocycles. The molecule has 2 saturated heterocycles. The number of phenolic OH excluding ortho intramolecular Hbond substituents is 1. The van der Waals surface area contributed by atoms with Crippen LogP contribution in [0, 0.1) is 29.1 Å². The molecule has 5 aliphatic rings. The van der Waals surface area contributed by atoms with Crippen molar-refractivity contribution in [2.24, 2.45) is 29.1 Å². The number of imide groups is 1. The predicted molar refractivity (Wildman–Crippen MR) is 172 cm³/mol. The van der Waals surface area contributed by atoms with Gasteiger partial charge in [-0.25, -0.2) is 0 Å². The van der Waals surface area contributed by atoms with E-state index in [1.54, 1.807) is 36.9 Å². The number of piperidine rings is 1. The first-order valence-corrected chi connectivity index (χ1v) is 16.5. The van der Waals surface area contributed by atoms with Crippen molar-refractivity contribution in [3.8, 4) is 11.5 Å². The van der Waals surface area contributed by atoms with E-state index in [2.05, 4.69) is 23.1 Å². The van der Waals surface area contributed by atoms with Gasteiger partial charge in [-0.2, -0.15) is 0 Å². The minimum Gasteiger partial charge on any atom is -0.504 e. The average molecular weight is 623 g/mol. The van der Waals surface area contributed by atoms with Gasteiger partial charge in [0, 0.05) is 37.5 Å². The summed E-state index contributed by atoms with van der Waals surface area (Å²) >= 11 is 0. The van der Waals surface area contributed by atoms with Crippen LogP contribution in [-0.2, 0) is 25.7 Å². The molecule has 0 bridgehead atoms.